The molecule has 0 amide bonds. The number of nitrogens with one attached hydrogen (secondary N) is 1. The van der Waals surface area contributed by atoms with E-state index in [1.807, 2.05) is 31.2 Å². The summed E-state index contributed by atoms with van der Waals surface area (Å²) in [4.78, 5) is 7.93. The first-order valence-electron chi connectivity index (χ1n) is 7.09. The number of hydrogen-bond donors (Lipinski definition) is 1. The number of benzene rings is 2. The summed E-state index contributed by atoms with van der Waals surface area (Å²) in [5.74, 6) is 1.91. The van der Waals surface area contributed by atoms with Gasteiger partial charge >= 0.3 is 0 Å². The van der Waals surface area contributed by atoms with Gasteiger partial charge < -0.3 is 14.5 Å². The molecule has 0 aliphatic heterocycles. The molecule has 0 aliphatic rings. The molecule has 4 nitrogen and oxygen atoms in total. The van der Waals surface area contributed by atoms with E-state index in [0.29, 0.717) is 23.1 Å². The van der Waals surface area contributed by atoms with Gasteiger partial charge in [-0.05, 0) is 43.7 Å². The van der Waals surface area contributed by atoms with Crippen LogP contribution in [0.25, 0.3) is 22.4 Å². The highest BCUT2D eigenvalue weighted by Gasteiger charge is 2.14. The summed E-state index contributed by atoms with van der Waals surface area (Å²) < 4.78 is 10.9. The van der Waals surface area contributed by atoms with E-state index in [9.17, 15) is 0 Å². The molecule has 3 rings (SSSR count). The van der Waals surface area contributed by atoms with E-state index in [1.165, 1.54) is 5.56 Å². The number of methoxy groups -OCH3 is 1. The molecule has 1 aromatic heterocycles. The number of fused-ring (bicyclic) bond motifs is 1. The number of hydrogen-bond acceptors (Lipinski definition) is 3. The van der Waals surface area contributed by atoms with Crippen molar-refractivity contribution in [3.63, 3.8) is 0 Å². The van der Waals surface area contributed by atoms with E-state index in [0.717, 1.165) is 22.4 Å². The molecule has 0 spiro atoms. The summed E-state index contributed by atoms with van der Waals surface area (Å²) in [7, 11) is 1.58. The van der Waals surface area contributed by atoms with Gasteiger partial charge in [0.2, 0.25) is 0 Å². The second-order valence-corrected chi connectivity index (χ2v) is 5.44. The molecule has 0 saturated heterocycles. The Morgan fingerprint density at radius 3 is 2.77 bits per heavy atom. The third-order valence-electron chi connectivity index (χ3n) is 3.42. The van der Waals surface area contributed by atoms with Crippen LogP contribution < -0.4 is 9.47 Å². The first-order valence-corrected chi connectivity index (χ1v) is 7.47. The summed E-state index contributed by atoms with van der Waals surface area (Å²) in [6.07, 6.45) is 0. The number of aromatic amines is 1. The summed E-state index contributed by atoms with van der Waals surface area (Å²) >= 11 is 6.30. The summed E-state index contributed by atoms with van der Waals surface area (Å²) in [6.45, 7) is 4.51. The lowest BCUT2D eigenvalue weighted by Gasteiger charge is -2.12. The van der Waals surface area contributed by atoms with Crippen molar-refractivity contribution in [2.75, 3.05) is 13.7 Å². The summed E-state index contributed by atoms with van der Waals surface area (Å²) in [6, 6.07) is 9.82. The highest BCUT2D eigenvalue weighted by molar-refractivity contribution is 6.32. The van der Waals surface area contributed by atoms with Gasteiger partial charge in [0.1, 0.15) is 5.82 Å². The SMILES string of the molecule is CCOc1cc(-c2nc3ccc(C)cc3[nH]2)cc(Cl)c1OC. The van der Waals surface area contributed by atoms with Gasteiger partial charge in [-0.1, -0.05) is 17.7 Å². The van der Waals surface area contributed by atoms with Crippen LogP contribution in [0.1, 0.15) is 12.5 Å². The van der Waals surface area contributed by atoms with Crippen LogP contribution in [0.15, 0.2) is 30.3 Å². The summed E-state index contributed by atoms with van der Waals surface area (Å²) in [5, 5.41) is 0.500. The van der Waals surface area contributed by atoms with E-state index in [2.05, 4.69) is 23.0 Å². The van der Waals surface area contributed by atoms with Gasteiger partial charge in [0.05, 0.1) is 29.8 Å². The zero-order valence-electron chi connectivity index (χ0n) is 12.7. The van der Waals surface area contributed by atoms with Crippen molar-refractivity contribution in [1.82, 2.24) is 9.97 Å². The van der Waals surface area contributed by atoms with Crippen molar-refractivity contribution in [3.8, 4) is 22.9 Å². The maximum atomic E-state index is 6.30. The standard InChI is InChI=1S/C17H17ClN2O2/c1-4-22-15-9-11(8-12(18)16(15)21-3)17-19-13-6-5-10(2)7-14(13)20-17/h5-9H,4H2,1-3H3,(H,19,20). The fourth-order valence-electron chi connectivity index (χ4n) is 2.43. The predicted molar refractivity (Wildman–Crippen MR) is 89.0 cm³/mol. The fourth-order valence-corrected chi connectivity index (χ4v) is 2.71. The Bertz CT molecular complexity index is 827. The monoisotopic (exact) mass is 316 g/mol. The zero-order valence-corrected chi connectivity index (χ0v) is 13.5. The maximum Gasteiger partial charge on any atom is 0.179 e. The highest BCUT2D eigenvalue weighted by atomic mass is 35.5. The average Bonchev–Trinajstić information content (AvgIpc) is 2.90. The quantitative estimate of drug-likeness (QED) is 0.765. The van der Waals surface area contributed by atoms with Gasteiger partial charge in [0, 0.05) is 5.56 Å². The molecule has 0 bridgehead atoms. The molecule has 0 radical (unpaired) electrons. The molecule has 0 aliphatic carbocycles. The minimum Gasteiger partial charge on any atom is -0.491 e. The second kappa shape index (κ2) is 5.89. The molecule has 2 aromatic carbocycles. The third-order valence-corrected chi connectivity index (χ3v) is 3.71. The van der Waals surface area contributed by atoms with Crippen LogP contribution in [-0.2, 0) is 0 Å². The largest absolute Gasteiger partial charge is 0.491 e. The molecule has 1 N–H and O–H groups in total. The van der Waals surface area contributed by atoms with Crippen molar-refractivity contribution in [2.24, 2.45) is 0 Å². The molecule has 0 atom stereocenters. The van der Waals surface area contributed by atoms with Crippen molar-refractivity contribution < 1.29 is 9.47 Å². The number of nitrogens with zero attached hydrogens (tertiary/aromatic N) is 1. The molecular formula is C17H17ClN2O2. The van der Waals surface area contributed by atoms with E-state index in [-0.39, 0.29) is 0 Å². The molecule has 22 heavy (non-hydrogen) atoms. The fraction of sp³-hybridized carbons (Fsp3) is 0.235. The van der Waals surface area contributed by atoms with Crippen LogP contribution in [0, 0.1) is 6.92 Å². The van der Waals surface area contributed by atoms with Crippen LogP contribution in [0.5, 0.6) is 11.5 Å². The number of aromatic nitrogens is 2. The molecule has 0 fully saturated rings. The van der Waals surface area contributed by atoms with E-state index < -0.39 is 0 Å². The number of aryl methyl sites for hydroxylation is 1. The maximum absolute atomic E-state index is 6.30. The minimum atomic E-state index is 0.500. The van der Waals surface area contributed by atoms with Crippen molar-refractivity contribution in [3.05, 3.63) is 40.9 Å². The molecule has 3 aromatic rings. The minimum absolute atomic E-state index is 0.500. The van der Waals surface area contributed by atoms with Crippen molar-refractivity contribution in [2.45, 2.75) is 13.8 Å². The summed E-state index contributed by atoms with van der Waals surface area (Å²) in [5.41, 5.74) is 3.97. The van der Waals surface area contributed by atoms with E-state index in [1.54, 1.807) is 7.11 Å². The zero-order chi connectivity index (χ0) is 15.7. The number of halogens is 1. The Hall–Kier alpha value is -2.20. The smallest absolute Gasteiger partial charge is 0.179 e. The van der Waals surface area contributed by atoms with Crippen LogP contribution in [0.3, 0.4) is 0 Å². The molecular weight excluding hydrogens is 300 g/mol. The Kier molecular flexibility index (Phi) is 3.94. The first kappa shape index (κ1) is 14.7. The third kappa shape index (κ3) is 2.62. The normalized spacial score (nSPS) is 10.9. The Morgan fingerprint density at radius 2 is 2.05 bits per heavy atom. The predicted octanol–water partition coefficient (Wildman–Crippen LogP) is 4.60. The number of rotatable bonds is 4. The lowest BCUT2D eigenvalue weighted by molar-refractivity contribution is 0.311. The van der Waals surface area contributed by atoms with Crippen LogP contribution in [0.2, 0.25) is 5.02 Å². The number of ether oxygens (including phenoxy) is 2. The number of imidazole rings is 1. The van der Waals surface area contributed by atoms with Crippen molar-refractivity contribution >= 4 is 22.6 Å². The van der Waals surface area contributed by atoms with Gasteiger partial charge in [-0.2, -0.15) is 0 Å². The van der Waals surface area contributed by atoms with E-state index in [4.69, 9.17) is 21.1 Å². The molecule has 114 valence electrons. The van der Waals surface area contributed by atoms with Gasteiger partial charge in [0.25, 0.3) is 0 Å². The molecule has 5 heteroatoms. The van der Waals surface area contributed by atoms with E-state index >= 15 is 0 Å². The Labute approximate surface area is 134 Å². The van der Waals surface area contributed by atoms with Gasteiger partial charge in [-0.3, -0.25) is 0 Å². The van der Waals surface area contributed by atoms with Crippen LogP contribution in [-0.4, -0.2) is 23.7 Å². The lowest BCUT2D eigenvalue weighted by atomic mass is 10.2. The number of H-pyrrole nitrogens is 1. The average molecular weight is 317 g/mol. The molecule has 0 saturated carbocycles. The van der Waals surface area contributed by atoms with Crippen molar-refractivity contribution in [1.29, 1.82) is 0 Å². The van der Waals surface area contributed by atoms with Gasteiger partial charge in [0.15, 0.2) is 11.5 Å². The van der Waals surface area contributed by atoms with Gasteiger partial charge in [-0.25, -0.2) is 4.98 Å². The van der Waals surface area contributed by atoms with Crippen LogP contribution >= 0.6 is 11.6 Å². The lowest BCUT2D eigenvalue weighted by Crippen LogP contribution is -1.97. The second-order valence-electron chi connectivity index (χ2n) is 5.03. The Balaban J connectivity index is 2.13. The van der Waals surface area contributed by atoms with Crippen LogP contribution in [0.4, 0.5) is 0 Å². The first-order chi connectivity index (χ1) is 10.6. The molecule has 1 heterocycles. The van der Waals surface area contributed by atoms with Gasteiger partial charge in [-0.15, -0.1) is 0 Å². The topological polar surface area (TPSA) is 47.1 Å². The highest BCUT2D eigenvalue weighted by Crippen LogP contribution is 2.39. The molecule has 0 unspecified atom stereocenters. The Morgan fingerprint density at radius 1 is 1.23 bits per heavy atom.